The molecule has 0 fully saturated rings. The zero-order valence-corrected chi connectivity index (χ0v) is 12.7. The van der Waals surface area contributed by atoms with Crippen molar-refractivity contribution in [1.29, 1.82) is 0 Å². The first-order chi connectivity index (χ1) is 10.2. The highest BCUT2D eigenvalue weighted by Crippen LogP contribution is 2.23. The summed E-state index contributed by atoms with van der Waals surface area (Å²) in [4.78, 5) is 22.7. The molecule has 22 heavy (non-hydrogen) atoms. The van der Waals surface area contributed by atoms with Crippen molar-refractivity contribution in [3.8, 4) is 0 Å². The summed E-state index contributed by atoms with van der Waals surface area (Å²) < 4.78 is 57.9. The van der Waals surface area contributed by atoms with Crippen molar-refractivity contribution < 1.29 is 36.6 Å². The normalized spacial score (nSPS) is 11.8. The molecule has 0 aliphatic heterocycles. The second kappa shape index (κ2) is 10.4. The van der Waals surface area contributed by atoms with Crippen LogP contribution in [-0.2, 0) is 19.1 Å². The standard InChI is InChI=1S/C14H22F4O4/c1-3-5-10(6-4-2)22-12(20)8-7-11(19)21-9-14(17,18)13(15)16/h10,13H,3-9H2,1-2H3. The third-order valence-electron chi connectivity index (χ3n) is 2.80. The zero-order valence-electron chi connectivity index (χ0n) is 12.7. The maximum absolute atomic E-state index is 12.5. The fraction of sp³-hybridized carbons (Fsp3) is 0.857. The van der Waals surface area contributed by atoms with Crippen molar-refractivity contribution in [3.63, 3.8) is 0 Å². The fourth-order valence-electron chi connectivity index (χ4n) is 1.67. The monoisotopic (exact) mass is 330 g/mol. The molecule has 130 valence electrons. The van der Waals surface area contributed by atoms with Gasteiger partial charge in [0.15, 0.2) is 6.61 Å². The van der Waals surface area contributed by atoms with Gasteiger partial charge in [-0.05, 0) is 12.8 Å². The van der Waals surface area contributed by atoms with Crippen LogP contribution < -0.4 is 0 Å². The number of carbonyl (C=O) groups is 2. The van der Waals surface area contributed by atoms with Crippen LogP contribution in [0.1, 0.15) is 52.4 Å². The number of alkyl halides is 4. The quantitative estimate of drug-likeness (QED) is 0.428. The van der Waals surface area contributed by atoms with Crippen LogP contribution in [0, 0.1) is 0 Å². The van der Waals surface area contributed by atoms with Gasteiger partial charge in [0.1, 0.15) is 6.10 Å². The Morgan fingerprint density at radius 2 is 1.50 bits per heavy atom. The number of esters is 2. The van der Waals surface area contributed by atoms with Crippen LogP contribution in [0.3, 0.4) is 0 Å². The van der Waals surface area contributed by atoms with E-state index in [1.807, 2.05) is 13.8 Å². The van der Waals surface area contributed by atoms with Crippen molar-refractivity contribution in [2.45, 2.75) is 70.8 Å². The van der Waals surface area contributed by atoms with Gasteiger partial charge in [0.05, 0.1) is 12.8 Å². The lowest BCUT2D eigenvalue weighted by Crippen LogP contribution is -2.33. The summed E-state index contributed by atoms with van der Waals surface area (Å²) in [6.07, 6.45) is -1.89. The molecule has 8 heteroatoms. The summed E-state index contributed by atoms with van der Waals surface area (Å²) in [7, 11) is 0. The van der Waals surface area contributed by atoms with Crippen LogP contribution in [0.25, 0.3) is 0 Å². The van der Waals surface area contributed by atoms with Gasteiger partial charge in [-0.25, -0.2) is 8.78 Å². The molecule has 0 aromatic heterocycles. The lowest BCUT2D eigenvalue weighted by atomic mass is 10.1. The molecule has 0 spiro atoms. The predicted molar refractivity (Wildman–Crippen MR) is 70.8 cm³/mol. The van der Waals surface area contributed by atoms with E-state index in [1.54, 1.807) is 0 Å². The van der Waals surface area contributed by atoms with Crippen LogP contribution in [0.15, 0.2) is 0 Å². The molecule has 0 aliphatic carbocycles. The number of ether oxygens (including phenoxy) is 2. The third-order valence-corrected chi connectivity index (χ3v) is 2.80. The topological polar surface area (TPSA) is 52.6 Å². The van der Waals surface area contributed by atoms with E-state index >= 15 is 0 Å². The molecule has 0 amide bonds. The summed E-state index contributed by atoms with van der Waals surface area (Å²) in [6, 6.07) is 0. The van der Waals surface area contributed by atoms with E-state index in [0.29, 0.717) is 12.8 Å². The SMILES string of the molecule is CCCC(CCC)OC(=O)CCC(=O)OCC(F)(F)C(F)F. The molecular formula is C14H22F4O4. The molecule has 0 unspecified atom stereocenters. The molecule has 0 bridgehead atoms. The molecule has 4 nitrogen and oxygen atoms in total. The van der Waals surface area contributed by atoms with Gasteiger partial charge in [-0.2, -0.15) is 8.78 Å². The van der Waals surface area contributed by atoms with Crippen LogP contribution in [0.5, 0.6) is 0 Å². The van der Waals surface area contributed by atoms with Crippen molar-refractivity contribution in [2.75, 3.05) is 6.61 Å². The maximum Gasteiger partial charge on any atom is 0.340 e. The minimum atomic E-state index is -4.39. The lowest BCUT2D eigenvalue weighted by Gasteiger charge is -2.17. The van der Waals surface area contributed by atoms with Crippen molar-refractivity contribution >= 4 is 11.9 Å². The maximum atomic E-state index is 12.5. The average molecular weight is 330 g/mol. The lowest BCUT2D eigenvalue weighted by molar-refractivity contribution is -0.180. The van der Waals surface area contributed by atoms with E-state index in [9.17, 15) is 27.2 Å². The van der Waals surface area contributed by atoms with Gasteiger partial charge < -0.3 is 9.47 Å². The summed E-state index contributed by atoms with van der Waals surface area (Å²) in [6.45, 7) is 2.18. The second-order valence-corrected chi connectivity index (χ2v) is 4.91. The van der Waals surface area contributed by atoms with E-state index in [-0.39, 0.29) is 12.5 Å². The van der Waals surface area contributed by atoms with E-state index in [4.69, 9.17) is 4.74 Å². The largest absolute Gasteiger partial charge is 0.462 e. The summed E-state index contributed by atoms with van der Waals surface area (Å²) in [5, 5.41) is 0. The molecule has 0 rings (SSSR count). The smallest absolute Gasteiger partial charge is 0.340 e. The molecule has 0 saturated heterocycles. The van der Waals surface area contributed by atoms with Gasteiger partial charge in [-0.15, -0.1) is 0 Å². The first-order valence-corrected chi connectivity index (χ1v) is 7.24. The van der Waals surface area contributed by atoms with Gasteiger partial charge >= 0.3 is 24.3 Å². The average Bonchev–Trinajstić information content (AvgIpc) is 2.43. The van der Waals surface area contributed by atoms with E-state index < -0.39 is 37.3 Å². The van der Waals surface area contributed by atoms with Crippen LogP contribution in [0.2, 0.25) is 0 Å². The van der Waals surface area contributed by atoms with E-state index in [0.717, 1.165) is 12.8 Å². The predicted octanol–water partition coefficient (Wildman–Crippen LogP) is 3.72. The Bertz CT molecular complexity index is 342. The minimum Gasteiger partial charge on any atom is -0.462 e. The molecule has 0 heterocycles. The number of carbonyl (C=O) groups excluding carboxylic acids is 2. The highest BCUT2D eigenvalue weighted by atomic mass is 19.3. The number of rotatable bonds is 11. The Hall–Kier alpha value is -1.34. The van der Waals surface area contributed by atoms with Gasteiger partial charge in [0.2, 0.25) is 0 Å². The number of halogens is 4. The molecule has 0 aliphatic rings. The van der Waals surface area contributed by atoms with Crippen LogP contribution >= 0.6 is 0 Å². The Labute approximate surface area is 127 Å². The van der Waals surface area contributed by atoms with Crippen molar-refractivity contribution in [3.05, 3.63) is 0 Å². The highest BCUT2D eigenvalue weighted by molar-refractivity contribution is 5.77. The summed E-state index contributed by atoms with van der Waals surface area (Å²) >= 11 is 0. The Morgan fingerprint density at radius 1 is 1.00 bits per heavy atom. The molecular weight excluding hydrogens is 308 g/mol. The van der Waals surface area contributed by atoms with E-state index in [2.05, 4.69) is 4.74 Å². The number of hydrogen-bond acceptors (Lipinski definition) is 4. The van der Waals surface area contributed by atoms with Crippen LogP contribution in [-0.4, -0.2) is 37.0 Å². The van der Waals surface area contributed by atoms with Crippen molar-refractivity contribution in [1.82, 2.24) is 0 Å². The summed E-state index contributed by atoms with van der Waals surface area (Å²) in [5.41, 5.74) is 0. The Balaban J connectivity index is 4.06. The third kappa shape index (κ3) is 8.84. The molecule has 0 N–H and O–H groups in total. The molecule has 0 aromatic rings. The minimum absolute atomic E-state index is 0.235. The molecule has 0 aromatic carbocycles. The molecule has 0 radical (unpaired) electrons. The fourth-order valence-corrected chi connectivity index (χ4v) is 1.67. The van der Waals surface area contributed by atoms with Gasteiger partial charge in [0, 0.05) is 0 Å². The molecule has 0 saturated carbocycles. The second-order valence-electron chi connectivity index (χ2n) is 4.91. The van der Waals surface area contributed by atoms with Gasteiger partial charge in [0.25, 0.3) is 0 Å². The summed E-state index contributed by atoms with van der Waals surface area (Å²) in [5.74, 6) is -6.16. The Morgan fingerprint density at radius 3 is 1.95 bits per heavy atom. The van der Waals surface area contributed by atoms with Gasteiger partial charge in [-0.3, -0.25) is 9.59 Å². The Kier molecular flexibility index (Phi) is 9.76. The zero-order chi connectivity index (χ0) is 17.2. The first kappa shape index (κ1) is 20.7. The highest BCUT2D eigenvalue weighted by Gasteiger charge is 2.42. The van der Waals surface area contributed by atoms with E-state index in [1.165, 1.54) is 0 Å². The molecule has 0 atom stereocenters. The van der Waals surface area contributed by atoms with Crippen molar-refractivity contribution in [2.24, 2.45) is 0 Å². The van der Waals surface area contributed by atoms with Crippen LogP contribution in [0.4, 0.5) is 17.6 Å². The van der Waals surface area contributed by atoms with Gasteiger partial charge in [-0.1, -0.05) is 26.7 Å². The first-order valence-electron chi connectivity index (χ1n) is 7.24. The number of hydrogen-bond donors (Lipinski definition) is 0.